The molecule has 118 valence electrons. The first-order chi connectivity index (χ1) is 11.1. The van der Waals surface area contributed by atoms with Crippen molar-refractivity contribution in [2.45, 2.75) is 13.3 Å². The molecule has 1 aromatic carbocycles. The van der Waals surface area contributed by atoms with Gasteiger partial charge in [-0.1, -0.05) is 30.3 Å². The van der Waals surface area contributed by atoms with E-state index < -0.39 is 0 Å². The molecule has 0 fully saturated rings. The van der Waals surface area contributed by atoms with Gasteiger partial charge < -0.3 is 9.64 Å². The zero-order valence-corrected chi connectivity index (χ0v) is 13.2. The van der Waals surface area contributed by atoms with Gasteiger partial charge in [0.05, 0.1) is 38.0 Å². The molecule has 0 amide bonds. The number of ketones is 2. The number of carbonyl (C=O) groups excluding carboxylic acids is 2. The molecule has 5 nitrogen and oxygen atoms in total. The standard InChI is InChI=1S/C18H18N2O3/c1-12-8-17(23-2)19-15-9-14(21)10-20(18(12)15)11-16(22)13-6-4-3-5-7-13/h3-8H,9-11H2,1-2H3. The molecule has 1 aromatic heterocycles. The summed E-state index contributed by atoms with van der Waals surface area (Å²) in [5.41, 5.74) is 3.15. The fourth-order valence-corrected chi connectivity index (χ4v) is 2.92. The summed E-state index contributed by atoms with van der Waals surface area (Å²) >= 11 is 0. The molecule has 0 spiro atoms. The lowest BCUT2D eigenvalue weighted by Gasteiger charge is -2.31. The Balaban J connectivity index is 1.93. The summed E-state index contributed by atoms with van der Waals surface area (Å²) in [6, 6.07) is 10.9. The van der Waals surface area contributed by atoms with E-state index in [1.807, 2.05) is 36.1 Å². The number of carbonyl (C=O) groups is 2. The van der Waals surface area contributed by atoms with Crippen LogP contribution in [0.25, 0.3) is 0 Å². The van der Waals surface area contributed by atoms with Crippen LogP contribution < -0.4 is 9.64 Å². The minimum Gasteiger partial charge on any atom is -0.481 e. The second-order valence-electron chi connectivity index (χ2n) is 5.64. The number of pyridine rings is 1. The number of nitrogens with zero attached hydrogens (tertiary/aromatic N) is 2. The number of Topliss-reactive ketones (excluding diaryl/α,β-unsaturated/α-hetero) is 2. The van der Waals surface area contributed by atoms with Crippen LogP contribution in [0.3, 0.4) is 0 Å². The number of hydrogen-bond donors (Lipinski definition) is 0. The number of fused-ring (bicyclic) bond motifs is 1. The van der Waals surface area contributed by atoms with Crippen LogP contribution in [0.15, 0.2) is 36.4 Å². The minimum absolute atomic E-state index is 0.0125. The van der Waals surface area contributed by atoms with Crippen molar-refractivity contribution in [1.29, 1.82) is 0 Å². The maximum Gasteiger partial charge on any atom is 0.213 e. The van der Waals surface area contributed by atoms with Crippen molar-refractivity contribution < 1.29 is 14.3 Å². The van der Waals surface area contributed by atoms with Crippen molar-refractivity contribution in [3.8, 4) is 5.88 Å². The highest BCUT2D eigenvalue weighted by molar-refractivity contribution is 6.01. The molecular weight excluding hydrogens is 292 g/mol. The number of aromatic nitrogens is 1. The Morgan fingerprint density at radius 1 is 1.30 bits per heavy atom. The first-order valence-corrected chi connectivity index (χ1v) is 7.48. The summed E-state index contributed by atoms with van der Waals surface area (Å²) in [5.74, 6) is 0.533. The van der Waals surface area contributed by atoms with Gasteiger partial charge in [0.15, 0.2) is 11.6 Å². The Kier molecular flexibility index (Phi) is 4.10. The fraction of sp³-hybridized carbons (Fsp3) is 0.278. The number of benzene rings is 1. The smallest absolute Gasteiger partial charge is 0.213 e. The van der Waals surface area contributed by atoms with Gasteiger partial charge in [-0.05, 0) is 12.5 Å². The number of ether oxygens (including phenoxy) is 1. The van der Waals surface area contributed by atoms with Gasteiger partial charge >= 0.3 is 0 Å². The minimum atomic E-state index is -0.0125. The molecule has 5 heteroatoms. The number of aryl methyl sites for hydroxylation is 1. The SMILES string of the molecule is COc1cc(C)c2c(n1)CC(=O)CN2CC(=O)c1ccccc1. The van der Waals surface area contributed by atoms with Gasteiger partial charge in [-0.25, -0.2) is 4.98 Å². The van der Waals surface area contributed by atoms with Gasteiger partial charge in [-0.2, -0.15) is 0 Å². The second-order valence-corrected chi connectivity index (χ2v) is 5.64. The predicted octanol–water partition coefficient (Wildman–Crippen LogP) is 2.21. The maximum absolute atomic E-state index is 12.5. The lowest BCUT2D eigenvalue weighted by molar-refractivity contribution is -0.117. The third-order valence-electron chi connectivity index (χ3n) is 3.92. The monoisotopic (exact) mass is 310 g/mol. The normalized spacial score (nSPS) is 13.7. The molecule has 2 heterocycles. The molecule has 2 aromatic rings. The Labute approximate surface area is 134 Å². The van der Waals surface area contributed by atoms with Gasteiger partial charge in [0, 0.05) is 11.6 Å². The lowest BCUT2D eigenvalue weighted by Crippen LogP contribution is -2.40. The van der Waals surface area contributed by atoms with Crippen molar-refractivity contribution in [2.24, 2.45) is 0 Å². The third-order valence-corrected chi connectivity index (χ3v) is 3.92. The first-order valence-electron chi connectivity index (χ1n) is 7.48. The molecule has 1 aliphatic heterocycles. The van der Waals surface area contributed by atoms with E-state index >= 15 is 0 Å². The Hall–Kier alpha value is -2.69. The van der Waals surface area contributed by atoms with Crippen molar-refractivity contribution in [3.05, 3.63) is 53.2 Å². The molecule has 1 aliphatic rings. The summed E-state index contributed by atoms with van der Waals surface area (Å²) in [7, 11) is 1.55. The fourth-order valence-electron chi connectivity index (χ4n) is 2.92. The summed E-state index contributed by atoms with van der Waals surface area (Å²) in [6.07, 6.45) is 0.281. The van der Waals surface area contributed by atoms with Crippen LogP contribution in [-0.2, 0) is 11.2 Å². The van der Waals surface area contributed by atoms with Gasteiger partial charge in [-0.3, -0.25) is 9.59 Å². The molecule has 0 N–H and O–H groups in total. The van der Waals surface area contributed by atoms with E-state index in [1.165, 1.54) is 0 Å². The summed E-state index contributed by atoms with van der Waals surface area (Å²) in [5, 5.41) is 0. The average molecular weight is 310 g/mol. The van der Waals surface area contributed by atoms with E-state index in [1.54, 1.807) is 19.2 Å². The lowest BCUT2D eigenvalue weighted by atomic mass is 10.0. The number of anilines is 1. The molecule has 0 aliphatic carbocycles. The highest BCUT2D eigenvalue weighted by Crippen LogP contribution is 2.31. The highest BCUT2D eigenvalue weighted by Gasteiger charge is 2.27. The third kappa shape index (κ3) is 3.08. The van der Waals surface area contributed by atoms with Gasteiger partial charge in [-0.15, -0.1) is 0 Å². The van der Waals surface area contributed by atoms with Crippen LogP contribution in [0.5, 0.6) is 5.88 Å². The zero-order chi connectivity index (χ0) is 16.4. The molecule has 0 saturated heterocycles. The van der Waals surface area contributed by atoms with E-state index in [4.69, 9.17) is 4.74 Å². The molecular formula is C18H18N2O3. The highest BCUT2D eigenvalue weighted by atomic mass is 16.5. The molecule has 0 saturated carbocycles. The van der Waals surface area contributed by atoms with Crippen LogP contribution in [0.1, 0.15) is 21.6 Å². The predicted molar refractivity (Wildman–Crippen MR) is 87.2 cm³/mol. The maximum atomic E-state index is 12.5. The molecule has 0 radical (unpaired) electrons. The van der Waals surface area contributed by atoms with Crippen molar-refractivity contribution in [2.75, 3.05) is 25.1 Å². The van der Waals surface area contributed by atoms with Crippen molar-refractivity contribution in [1.82, 2.24) is 4.98 Å². The van der Waals surface area contributed by atoms with Gasteiger partial charge in [0.25, 0.3) is 0 Å². The number of rotatable bonds is 4. The van der Waals surface area contributed by atoms with Crippen LogP contribution in [-0.4, -0.2) is 36.7 Å². The average Bonchev–Trinajstić information content (AvgIpc) is 2.54. The zero-order valence-electron chi connectivity index (χ0n) is 13.2. The summed E-state index contributed by atoms with van der Waals surface area (Å²) in [4.78, 5) is 30.7. The molecule has 0 atom stereocenters. The molecule has 0 bridgehead atoms. The van der Waals surface area contributed by atoms with Crippen molar-refractivity contribution >= 4 is 17.3 Å². The molecule has 0 unspecified atom stereocenters. The second kappa shape index (κ2) is 6.20. The Morgan fingerprint density at radius 2 is 2.04 bits per heavy atom. The van der Waals surface area contributed by atoms with Crippen LogP contribution in [0.4, 0.5) is 5.69 Å². The van der Waals surface area contributed by atoms with Crippen LogP contribution in [0, 0.1) is 6.92 Å². The summed E-state index contributed by atoms with van der Waals surface area (Å²) in [6.45, 7) is 2.34. The van der Waals surface area contributed by atoms with Gasteiger partial charge in [0.1, 0.15) is 0 Å². The van der Waals surface area contributed by atoms with Crippen LogP contribution >= 0.6 is 0 Å². The van der Waals surface area contributed by atoms with Crippen molar-refractivity contribution in [3.63, 3.8) is 0 Å². The quantitative estimate of drug-likeness (QED) is 0.810. The Morgan fingerprint density at radius 3 is 2.74 bits per heavy atom. The van der Waals surface area contributed by atoms with E-state index in [-0.39, 0.29) is 31.1 Å². The topological polar surface area (TPSA) is 59.5 Å². The largest absolute Gasteiger partial charge is 0.481 e. The molecule has 3 rings (SSSR count). The van der Waals surface area contributed by atoms with Gasteiger partial charge in [0.2, 0.25) is 5.88 Å². The first kappa shape index (κ1) is 15.2. The van der Waals surface area contributed by atoms with E-state index in [0.29, 0.717) is 17.1 Å². The Bertz CT molecular complexity index is 756. The van der Waals surface area contributed by atoms with Crippen LogP contribution in [0.2, 0.25) is 0 Å². The van der Waals surface area contributed by atoms with E-state index in [9.17, 15) is 9.59 Å². The number of methoxy groups -OCH3 is 1. The molecule has 23 heavy (non-hydrogen) atoms. The summed E-state index contributed by atoms with van der Waals surface area (Å²) < 4.78 is 5.17. The van der Waals surface area contributed by atoms with E-state index in [0.717, 1.165) is 11.3 Å². The van der Waals surface area contributed by atoms with E-state index in [2.05, 4.69) is 4.98 Å². The number of hydrogen-bond acceptors (Lipinski definition) is 5.